The van der Waals surface area contributed by atoms with Crippen LogP contribution in [-0.4, -0.2) is 45.3 Å². The Hall–Kier alpha value is -3.00. The van der Waals surface area contributed by atoms with E-state index in [-0.39, 0.29) is 18.0 Å². The zero-order valence-corrected chi connectivity index (χ0v) is 15.1. The van der Waals surface area contributed by atoms with E-state index in [2.05, 4.69) is 15.4 Å². The van der Waals surface area contributed by atoms with Crippen molar-refractivity contribution in [3.05, 3.63) is 51.9 Å². The minimum Gasteiger partial charge on any atom is -0.383 e. The van der Waals surface area contributed by atoms with Gasteiger partial charge in [-0.15, -0.1) is 5.10 Å². The van der Waals surface area contributed by atoms with E-state index in [1.807, 2.05) is 34.9 Å². The molecule has 2 aromatic heterocycles. The normalized spacial score (nSPS) is 13.1. The molecule has 1 aliphatic rings. The summed E-state index contributed by atoms with van der Waals surface area (Å²) in [4.78, 5) is 29.8. The van der Waals surface area contributed by atoms with E-state index in [4.69, 9.17) is 4.74 Å². The van der Waals surface area contributed by atoms with Crippen LogP contribution in [0.2, 0.25) is 0 Å². The molecular formula is C19H21N5O3. The van der Waals surface area contributed by atoms with Crippen molar-refractivity contribution in [2.45, 2.75) is 25.8 Å². The van der Waals surface area contributed by atoms with Crippen LogP contribution >= 0.6 is 0 Å². The molecule has 0 aliphatic heterocycles. The van der Waals surface area contributed by atoms with Crippen molar-refractivity contribution < 1.29 is 9.53 Å². The number of hydrogen-bond acceptors (Lipinski definition) is 5. The van der Waals surface area contributed by atoms with Crippen molar-refractivity contribution in [1.82, 2.24) is 24.5 Å². The molecule has 1 amide bonds. The summed E-state index contributed by atoms with van der Waals surface area (Å²) in [6.45, 7) is 0.991. The second-order valence-corrected chi connectivity index (χ2v) is 6.53. The van der Waals surface area contributed by atoms with Gasteiger partial charge in [-0.25, -0.2) is 0 Å². The molecule has 4 rings (SSSR count). The van der Waals surface area contributed by atoms with E-state index < -0.39 is 0 Å². The van der Waals surface area contributed by atoms with Gasteiger partial charge < -0.3 is 14.6 Å². The van der Waals surface area contributed by atoms with Gasteiger partial charge in [0.2, 0.25) is 11.7 Å². The minimum absolute atomic E-state index is 0.1000. The summed E-state index contributed by atoms with van der Waals surface area (Å²) >= 11 is 0. The molecule has 0 unspecified atom stereocenters. The number of nitrogens with one attached hydrogen (secondary N) is 1. The van der Waals surface area contributed by atoms with Gasteiger partial charge in [-0.3, -0.25) is 9.59 Å². The smallest absolute Gasteiger partial charge is 0.279 e. The van der Waals surface area contributed by atoms with Crippen LogP contribution < -0.4 is 10.9 Å². The predicted molar refractivity (Wildman–Crippen MR) is 99.6 cm³/mol. The fourth-order valence-electron chi connectivity index (χ4n) is 3.49. The molecule has 0 atom stereocenters. The Labute approximate surface area is 155 Å². The predicted octanol–water partition coefficient (Wildman–Crippen LogP) is 0.809. The van der Waals surface area contributed by atoms with Crippen molar-refractivity contribution >= 4 is 11.7 Å². The molecule has 8 heteroatoms. The van der Waals surface area contributed by atoms with Crippen molar-refractivity contribution in [2.24, 2.45) is 0 Å². The summed E-state index contributed by atoms with van der Waals surface area (Å²) in [5.74, 6) is 0.738. The number of methoxy groups -OCH3 is 1. The summed E-state index contributed by atoms with van der Waals surface area (Å²) < 4.78 is 8.12. The van der Waals surface area contributed by atoms with Crippen LogP contribution in [0.15, 0.2) is 35.1 Å². The molecule has 0 spiro atoms. The molecule has 0 saturated carbocycles. The lowest BCUT2D eigenvalue weighted by molar-refractivity contribution is -0.121. The summed E-state index contributed by atoms with van der Waals surface area (Å²) in [6, 6.07) is 9.51. The summed E-state index contributed by atoms with van der Waals surface area (Å²) in [5, 5.41) is 7.24. The number of benzene rings is 1. The highest BCUT2D eigenvalue weighted by Crippen LogP contribution is 2.22. The van der Waals surface area contributed by atoms with Crippen LogP contribution in [0.1, 0.15) is 17.7 Å². The zero-order chi connectivity index (χ0) is 18.8. The first-order valence-electron chi connectivity index (χ1n) is 9.01. The van der Waals surface area contributed by atoms with Crippen LogP contribution in [0.5, 0.6) is 0 Å². The lowest BCUT2D eigenvalue weighted by atomic mass is 10.2. The van der Waals surface area contributed by atoms with Crippen molar-refractivity contribution in [3.8, 4) is 11.4 Å². The second-order valence-electron chi connectivity index (χ2n) is 6.53. The van der Waals surface area contributed by atoms with E-state index in [1.165, 1.54) is 4.52 Å². The average Bonchev–Trinajstić information content (AvgIpc) is 3.34. The van der Waals surface area contributed by atoms with E-state index in [1.54, 1.807) is 7.11 Å². The van der Waals surface area contributed by atoms with Gasteiger partial charge in [0, 0.05) is 30.5 Å². The number of nitrogens with zero attached hydrogens (tertiary/aromatic N) is 4. The Morgan fingerprint density at radius 2 is 2.07 bits per heavy atom. The van der Waals surface area contributed by atoms with Crippen LogP contribution in [0.4, 0.5) is 0 Å². The van der Waals surface area contributed by atoms with Crippen molar-refractivity contribution in [1.29, 1.82) is 0 Å². The molecular weight excluding hydrogens is 346 g/mol. The lowest BCUT2D eigenvalue weighted by Crippen LogP contribution is -2.33. The molecule has 1 aliphatic carbocycles. The van der Waals surface area contributed by atoms with Crippen molar-refractivity contribution in [2.75, 3.05) is 20.3 Å². The van der Waals surface area contributed by atoms with Gasteiger partial charge >= 0.3 is 0 Å². The number of aromatic nitrogens is 4. The first-order chi connectivity index (χ1) is 13.2. The van der Waals surface area contributed by atoms with Gasteiger partial charge in [0.25, 0.3) is 5.56 Å². The van der Waals surface area contributed by atoms with Gasteiger partial charge in [0.15, 0.2) is 5.82 Å². The third kappa shape index (κ3) is 3.23. The molecule has 2 heterocycles. The maximum absolute atomic E-state index is 12.8. The lowest BCUT2D eigenvalue weighted by Gasteiger charge is -2.13. The third-order valence-corrected chi connectivity index (χ3v) is 4.76. The van der Waals surface area contributed by atoms with E-state index in [9.17, 15) is 9.59 Å². The molecule has 0 bridgehead atoms. The molecule has 27 heavy (non-hydrogen) atoms. The number of ether oxygens (including phenoxy) is 1. The zero-order valence-electron chi connectivity index (χ0n) is 15.1. The van der Waals surface area contributed by atoms with Gasteiger partial charge in [-0.1, -0.05) is 30.3 Å². The maximum Gasteiger partial charge on any atom is 0.279 e. The SMILES string of the molecule is COCCNC(=O)Cn1c2c(c(=O)n3nc(-c4ccccc4)nc13)CCC2. The second kappa shape index (κ2) is 7.32. The first kappa shape index (κ1) is 17.4. The Morgan fingerprint density at radius 1 is 1.26 bits per heavy atom. The van der Waals surface area contributed by atoms with Gasteiger partial charge in [0.1, 0.15) is 6.54 Å². The number of carbonyl (C=O) groups is 1. The molecule has 1 N–H and O–H groups in total. The maximum atomic E-state index is 12.8. The van der Waals surface area contributed by atoms with E-state index in [0.29, 0.717) is 31.2 Å². The Bertz CT molecular complexity index is 1040. The van der Waals surface area contributed by atoms with E-state index >= 15 is 0 Å². The van der Waals surface area contributed by atoms with Gasteiger partial charge in [-0.2, -0.15) is 9.50 Å². The fraction of sp³-hybridized carbons (Fsp3) is 0.368. The third-order valence-electron chi connectivity index (χ3n) is 4.76. The highest BCUT2D eigenvalue weighted by Gasteiger charge is 2.24. The molecule has 8 nitrogen and oxygen atoms in total. The Balaban J connectivity index is 1.79. The minimum atomic E-state index is -0.143. The summed E-state index contributed by atoms with van der Waals surface area (Å²) in [7, 11) is 1.59. The molecule has 0 saturated heterocycles. The van der Waals surface area contributed by atoms with Crippen LogP contribution in [0, 0.1) is 0 Å². The van der Waals surface area contributed by atoms with E-state index in [0.717, 1.165) is 29.7 Å². The first-order valence-corrected chi connectivity index (χ1v) is 9.01. The Kier molecular flexibility index (Phi) is 4.72. The van der Waals surface area contributed by atoms with Crippen LogP contribution in [-0.2, 0) is 28.9 Å². The highest BCUT2D eigenvalue weighted by molar-refractivity contribution is 5.76. The summed E-state index contributed by atoms with van der Waals surface area (Å²) in [6.07, 6.45) is 2.37. The van der Waals surface area contributed by atoms with Crippen LogP contribution in [0.25, 0.3) is 17.2 Å². The standard InChI is InChI=1S/C19H21N5O3/c1-27-11-10-20-16(25)12-23-15-9-5-8-14(15)18(26)24-19(23)21-17(22-24)13-6-3-2-4-7-13/h2-4,6-7H,5,8-12H2,1H3,(H,20,25). The number of rotatable bonds is 6. The largest absolute Gasteiger partial charge is 0.383 e. The van der Waals surface area contributed by atoms with Gasteiger partial charge in [-0.05, 0) is 19.3 Å². The van der Waals surface area contributed by atoms with Gasteiger partial charge in [0.05, 0.1) is 6.61 Å². The Morgan fingerprint density at radius 3 is 2.85 bits per heavy atom. The monoisotopic (exact) mass is 367 g/mol. The van der Waals surface area contributed by atoms with Crippen molar-refractivity contribution in [3.63, 3.8) is 0 Å². The number of hydrogen-bond donors (Lipinski definition) is 1. The fourth-order valence-corrected chi connectivity index (χ4v) is 3.49. The topological polar surface area (TPSA) is 90.5 Å². The molecule has 0 radical (unpaired) electrons. The number of carbonyl (C=O) groups excluding carboxylic acids is 1. The quantitative estimate of drug-likeness (QED) is 0.651. The average molecular weight is 367 g/mol. The molecule has 0 fully saturated rings. The molecule has 3 aromatic rings. The number of fused-ring (bicyclic) bond motifs is 2. The molecule has 1 aromatic carbocycles. The number of amides is 1. The summed E-state index contributed by atoms with van der Waals surface area (Å²) in [5.41, 5.74) is 2.32. The highest BCUT2D eigenvalue weighted by atomic mass is 16.5. The van der Waals surface area contributed by atoms with Crippen LogP contribution in [0.3, 0.4) is 0 Å². The molecule has 140 valence electrons.